The summed E-state index contributed by atoms with van der Waals surface area (Å²) in [7, 11) is 1.60. The fourth-order valence-electron chi connectivity index (χ4n) is 3.31. The van der Waals surface area contributed by atoms with Crippen molar-refractivity contribution in [2.24, 2.45) is 0 Å². The van der Waals surface area contributed by atoms with E-state index in [4.69, 9.17) is 0 Å². The van der Waals surface area contributed by atoms with Crippen molar-refractivity contribution in [3.8, 4) is 0 Å². The number of nitrogens with one attached hydrogen (secondary N) is 1. The van der Waals surface area contributed by atoms with E-state index in [-0.39, 0.29) is 17.5 Å². The van der Waals surface area contributed by atoms with E-state index in [1.165, 1.54) is 11.0 Å². The number of carbonyl (C=O) groups excluding carboxylic acids is 1. The van der Waals surface area contributed by atoms with Crippen LogP contribution in [0.3, 0.4) is 0 Å². The number of piperidine rings is 1. The lowest BCUT2D eigenvalue weighted by Gasteiger charge is -2.43. The largest absolute Gasteiger partial charge is 0.417 e. The minimum Gasteiger partial charge on any atom is -0.338 e. The maximum Gasteiger partial charge on any atom is 0.417 e. The van der Waals surface area contributed by atoms with Gasteiger partial charge in [-0.2, -0.15) is 13.2 Å². The number of alkyl halides is 3. The zero-order valence-electron chi connectivity index (χ0n) is 11.0. The van der Waals surface area contributed by atoms with E-state index in [1.54, 1.807) is 13.1 Å². The highest BCUT2D eigenvalue weighted by molar-refractivity contribution is 5.99. The first-order chi connectivity index (χ1) is 9.41. The first-order valence-electron chi connectivity index (χ1n) is 6.59. The maximum atomic E-state index is 13.1. The Hall–Kier alpha value is -1.56. The van der Waals surface area contributed by atoms with Gasteiger partial charge in [0.2, 0.25) is 0 Å². The Morgan fingerprint density at radius 3 is 2.80 bits per heavy atom. The van der Waals surface area contributed by atoms with Crippen molar-refractivity contribution in [1.29, 1.82) is 0 Å². The van der Waals surface area contributed by atoms with Gasteiger partial charge >= 0.3 is 6.18 Å². The van der Waals surface area contributed by atoms with E-state index >= 15 is 0 Å². The molecule has 2 atom stereocenters. The number of hydrogen-bond donors (Lipinski definition) is 1. The Labute approximate surface area is 114 Å². The molecule has 2 aliphatic heterocycles. The fraction of sp³-hybridized carbons (Fsp3) is 0.500. The smallest absolute Gasteiger partial charge is 0.338 e. The number of hydrogen-bond acceptors (Lipinski definition) is 2. The van der Waals surface area contributed by atoms with E-state index in [1.807, 2.05) is 0 Å². The van der Waals surface area contributed by atoms with Crippen LogP contribution in [0.1, 0.15) is 33.8 Å². The quantitative estimate of drug-likeness (QED) is 0.792. The highest BCUT2D eigenvalue weighted by atomic mass is 19.4. The highest BCUT2D eigenvalue weighted by Crippen LogP contribution is 2.41. The molecular formula is C14H15F3N2O. The molecule has 3 rings (SSSR count). The lowest BCUT2D eigenvalue weighted by molar-refractivity contribution is -0.138. The molecule has 1 aromatic rings. The minimum absolute atomic E-state index is 0.0141. The van der Waals surface area contributed by atoms with Crippen molar-refractivity contribution in [2.75, 3.05) is 20.1 Å². The lowest BCUT2D eigenvalue weighted by atomic mass is 9.78. The predicted octanol–water partition coefficient (Wildman–Crippen LogP) is 2.24. The van der Waals surface area contributed by atoms with Crippen LogP contribution in [0.4, 0.5) is 13.2 Å². The van der Waals surface area contributed by atoms with Crippen LogP contribution in [0.15, 0.2) is 18.2 Å². The van der Waals surface area contributed by atoms with Gasteiger partial charge in [-0.25, -0.2) is 0 Å². The fourth-order valence-corrected chi connectivity index (χ4v) is 3.31. The standard InChI is InChI=1S/C14H15F3N2O/c1-19-11-5-6-18-7-9(11)8-3-2-4-10(14(15,16)17)12(8)13(19)20/h2-4,9,11,18H,5-7H2,1H3. The second-order valence-corrected chi connectivity index (χ2v) is 5.35. The molecule has 1 N–H and O–H groups in total. The Morgan fingerprint density at radius 2 is 2.10 bits per heavy atom. The van der Waals surface area contributed by atoms with Crippen molar-refractivity contribution < 1.29 is 18.0 Å². The molecule has 0 saturated carbocycles. The number of halogens is 3. The third kappa shape index (κ3) is 1.90. The number of carbonyl (C=O) groups is 1. The molecule has 20 heavy (non-hydrogen) atoms. The zero-order valence-corrected chi connectivity index (χ0v) is 11.0. The van der Waals surface area contributed by atoms with E-state index in [9.17, 15) is 18.0 Å². The van der Waals surface area contributed by atoms with E-state index in [2.05, 4.69) is 5.32 Å². The predicted molar refractivity (Wildman–Crippen MR) is 67.6 cm³/mol. The molecule has 6 heteroatoms. The number of nitrogens with zero attached hydrogens (tertiary/aromatic N) is 1. The molecule has 0 spiro atoms. The lowest BCUT2D eigenvalue weighted by Crippen LogP contribution is -2.53. The van der Waals surface area contributed by atoms with Crippen LogP contribution in [0.25, 0.3) is 0 Å². The van der Waals surface area contributed by atoms with Crippen LogP contribution in [-0.2, 0) is 6.18 Å². The Morgan fingerprint density at radius 1 is 1.35 bits per heavy atom. The third-order valence-corrected chi connectivity index (χ3v) is 4.28. The van der Waals surface area contributed by atoms with Crippen LogP contribution in [0, 0.1) is 0 Å². The molecule has 0 bridgehead atoms. The van der Waals surface area contributed by atoms with Crippen LogP contribution in [-0.4, -0.2) is 37.0 Å². The number of rotatable bonds is 0. The van der Waals surface area contributed by atoms with Crippen LogP contribution in [0.5, 0.6) is 0 Å². The summed E-state index contributed by atoms with van der Waals surface area (Å²) in [5, 5.41) is 3.20. The van der Waals surface area contributed by atoms with Gasteiger partial charge < -0.3 is 10.2 Å². The van der Waals surface area contributed by atoms with Crippen molar-refractivity contribution in [1.82, 2.24) is 10.2 Å². The van der Waals surface area contributed by atoms with Crippen molar-refractivity contribution in [3.05, 3.63) is 34.9 Å². The van der Waals surface area contributed by atoms with Crippen LogP contribution >= 0.6 is 0 Å². The molecule has 0 aliphatic carbocycles. The molecule has 1 amide bonds. The van der Waals surface area contributed by atoms with Gasteiger partial charge in [-0.15, -0.1) is 0 Å². The van der Waals surface area contributed by atoms with Gasteiger partial charge in [0, 0.05) is 25.6 Å². The number of fused-ring (bicyclic) bond motifs is 3. The summed E-state index contributed by atoms with van der Waals surface area (Å²) in [6, 6.07) is 4.02. The Balaban J connectivity index is 2.19. The molecule has 2 heterocycles. The number of amides is 1. The Kier molecular flexibility index (Phi) is 3.01. The van der Waals surface area contributed by atoms with Gasteiger partial charge in [0.1, 0.15) is 0 Å². The minimum atomic E-state index is -4.50. The van der Waals surface area contributed by atoms with Gasteiger partial charge in [-0.3, -0.25) is 4.79 Å². The SMILES string of the molecule is CN1C(=O)c2c(cccc2C(F)(F)F)C2CNCCC21. The molecule has 3 nitrogen and oxygen atoms in total. The monoisotopic (exact) mass is 284 g/mol. The molecule has 108 valence electrons. The van der Waals surface area contributed by atoms with Crippen molar-refractivity contribution in [2.45, 2.75) is 24.6 Å². The first-order valence-corrected chi connectivity index (χ1v) is 6.59. The van der Waals surface area contributed by atoms with E-state index < -0.39 is 17.6 Å². The van der Waals surface area contributed by atoms with Gasteiger partial charge in [0.25, 0.3) is 5.91 Å². The normalized spacial score (nSPS) is 26.2. The van der Waals surface area contributed by atoms with Gasteiger partial charge in [-0.1, -0.05) is 12.1 Å². The van der Waals surface area contributed by atoms with Gasteiger partial charge in [-0.05, 0) is 24.6 Å². The zero-order chi connectivity index (χ0) is 14.5. The average molecular weight is 284 g/mol. The van der Waals surface area contributed by atoms with E-state index in [0.717, 1.165) is 19.0 Å². The molecular weight excluding hydrogens is 269 g/mol. The molecule has 1 fully saturated rings. The number of likely N-dealkylation sites (N-methyl/N-ethyl adjacent to an activating group) is 1. The second-order valence-electron chi connectivity index (χ2n) is 5.35. The van der Waals surface area contributed by atoms with Crippen molar-refractivity contribution in [3.63, 3.8) is 0 Å². The van der Waals surface area contributed by atoms with Gasteiger partial charge in [0.05, 0.1) is 11.1 Å². The molecule has 2 aliphatic rings. The topological polar surface area (TPSA) is 32.3 Å². The molecule has 1 aromatic carbocycles. The number of benzene rings is 1. The van der Waals surface area contributed by atoms with Gasteiger partial charge in [0.15, 0.2) is 0 Å². The summed E-state index contributed by atoms with van der Waals surface area (Å²) < 4.78 is 39.3. The highest BCUT2D eigenvalue weighted by Gasteiger charge is 2.44. The summed E-state index contributed by atoms with van der Waals surface area (Å²) >= 11 is 0. The van der Waals surface area contributed by atoms with Crippen molar-refractivity contribution >= 4 is 5.91 Å². The third-order valence-electron chi connectivity index (χ3n) is 4.28. The summed E-state index contributed by atoms with van der Waals surface area (Å²) in [6.45, 7) is 1.39. The summed E-state index contributed by atoms with van der Waals surface area (Å²) in [6.07, 6.45) is -3.74. The average Bonchev–Trinajstić information content (AvgIpc) is 2.43. The van der Waals surface area contributed by atoms with E-state index in [0.29, 0.717) is 12.1 Å². The van der Waals surface area contributed by atoms with Crippen LogP contribution in [0.2, 0.25) is 0 Å². The summed E-state index contributed by atoms with van der Waals surface area (Å²) in [5.74, 6) is -0.583. The molecule has 1 saturated heterocycles. The molecule has 2 unspecified atom stereocenters. The second kappa shape index (κ2) is 4.48. The molecule has 0 radical (unpaired) electrons. The maximum absolute atomic E-state index is 13.1. The Bertz CT molecular complexity index is 556. The molecule has 0 aromatic heterocycles. The summed E-state index contributed by atoms with van der Waals surface area (Å²) in [5.41, 5.74) is -0.469. The summed E-state index contributed by atoms with van der Waals surface area (Å²) in [4.78, 5) is 13.8. The first kappa shape index (κ1) is 13.4. The van der Waals surface area contributed by atoms with Crippen LogP contribution < -0.4 is 5.32 Å².